The zero-order valence-corrected chi connectivity index (χ0v) is 19.6. The summed E-state index contributed by atoms with van der Waals surface area (Å²) in [5, 5.41) is 3.16. The lowest BCUT2D eigenvalue weighted by molar-refractivity contribution is -0.118. The number of halogens is 1. The third-order valence-corrected chi connectivity index (χ3v) is 7.79. The van der Waals surface area contributed by atoms with Gasteiger partial charge >= 0.3 is 0 Å². The Balaban J connectivity index is 1.37. The van der Waals surface area contributed by atoms with E-state index in [9.17, 15) is 18.0 Å². The number of thioether (sulfide) groups is 1. The fraction of sp³-hybridized carbons (Fsp3) is 0.190. The van der Waals surface area contributed by atoms with E-state index in [-0.39, 0.29) is 40.1 Å². The number of aryl methyl sites for hydroxylation is 1. The lowest BCUT2D eigenvalue weighted by Crippen LogP contribution is -2.25. The Morgan fingerprint density at radius 2 is 2.00 bits per heavy atom. The maximum Gasteiger partial charge on any atom is 0.270 e. The number of ether oxygens (including phenoxy) is 2. The Bertz CT molecular complexity index is 1390. The van der Waals surface area contributed by atoms with Gasteiger partial charge in [-0.15, -0.1) is 0 Å². The number of nitrogens with zero attached hydrogens (tertiary/aromatic N) is 1. The molecule has 4 rings (SSSR count). The number of sulfone groups is 1. The first-order chi connectivity index (χ1) is 15.7. The Hall–Kier alpha value is -3.02. The lowest BCUT2D eigenvalue weighted by Gasteiger charge is -2.07. The Morgan fingerprint density at radius 3 is 2.76 bits per heavy atom. The molecule has 0 saturated carbocycles. The smallest absolute Gasteiger partial charge is 0.270 e. The molecule has 33 heavy (non-hydrogen) atoms. The second-order valence-corrected chi connectivity index (χ2v) is 10.3. The number of amides is 1. The van der Waals surface area contributed by atoms with Crippen LogP contribution in [0.4, 0.5) is 0 Å². The summed E-state index contributed by atoms with van der Waals surface area (Å²) in [6.45, 7) is 2.20. The number of benzene rings is 2. The number of carbonyl (C=O) groups excluding carboxylic acids is 1. The van der Waals surface area contributed by atoms with E-state index in [0.717, 1.165) is 23.5 Å². The summed E-state index contributed by atoms with van der Waals surface area (Å²) in [4.78, 5) is 30.4. The third-order valence-electron chi connectivity index (χ3n) is 4.75. The van der Waals surface area contributed by atoms with E-state index in [1.54, 1.807) is 25.1 Å². The quantitative estimate of drug-likeness (QED) is 0.369. The van der Waals surface area contributed by atoms with Crippen molar-refractivity contribution >= 4 is 39.1 Å². The van der Waals surface area contributed by atoms with E-state index in [1.165, 1.54) is 12.1 Å². The van der Waals surface area contributed by atoms with Gasteiger partial charge in [0.05, 0.1) is 16.8 Å². The topological polar surface area (TPSA) is 127 Å². The molecule has 1 amide bonds. The van der Waals surface area contributed by atoms with Crippen LogP contribution in [-0.4, -0.2) is 36.8 Å². The number of nitrogens with one attached hydrogen (secondary N) is 2. The molecule has 0 atom stereocenters. The second-order valence-electron chi connectivity index (χ2n) is 7.05. The van der Waals surface area contributed by atoms with Gasteiger partial charge < -0.3 is 19.8 Å². The van der Waals surface area contributed by atoms with Crippen molar-refractivity contribution in [3.05, 3.63) is 69.1 Å². The Kier molecular flexibility index (Phi) is 6.63. The van der Waals surface area contributed by atoms with Crippen LogP contribution < -0.4 is 20.3 Å². The molecule has 1 aromatic heterocycles. The zero-order valence-electron chi connectivity index (χ0n) is 17.3. The zero-order chi connectivity index (χ0) is 23.6. The van der Waals surface area contributed by atoms with Crippen LogP contribution in [0.5, 0.6) is 11.5 Å². The van der Waals surface area contributed by atoms with Crippen molar-refractivity contribution in [1.29, 1.82) is 0 Å². The highest BCUT2D eigenvalue weighted by molar-refractivity contribution is 7.99. The summed E-state index contributed by atoms with van der Waals surface area (Å²) >= 11 is 6.99. The van der Waals surface area contributed by atoms with Gasteiger partial charge in [0.15, 0.2) is 21.6 Å². The van der Waals surface area contributed by atoms with Crippen LogP contribution >= 0.6 is 23.4 Å². The second kappa shape index (κ2) is 9.46. The van der Waals surface area contributed by atoms with E-state index in [4.69, 9.17) is 21.1 Å². The summed E-state index contributed by atoms with van der Waals surface area (Å²) < 4.78 is 36.1. The molecule has 0 radical (unpaired) electrons. The highest BCUT2D eigenvalue weighted by Gasteiger charge is 2.23. The molecule has 2 N–H and O–H groups in total. The first-order valence-corrected chi connectivity index (χ1v) is 12.5. The van der Waals surface area contributed by atoms with Crippen molar-refractivity contribution < 1.29 is 22.7 Å². The van der Waals surface area contributed by atoms with E-state index >= 15 is 0 Å². The van der Waals surface area contributed by atoms with Crippen molar-refractivity contribution in [3.63, 3.8) is 0 Å². The van der Waals surface area contributed by atoms with Crippen LogP contribution in [0.3, 0.4) is 0 Å². The first-order valence-electron chi connectivity index (χ1n) is 9.62. The first kappa shape index (κ1) is 23.1. The molecule has 0 spiro atoms. The standard InChI is InChI=1S/C21H18ClN3O6S2/c1-12-2-4-14(7-15(12)22)33(28,29)18-9-24-21(25-20(18)27)32-10-19(26)23-8-13-3-5-16-17(6-13)31-11-30-16/h2-7,9H,8,10-11H2,1H3,(H,23,26)(H,24,25,27). The fourth-order valence-electron chi connectivity index (χ4n) is 2.94. The minimum atomic E-state index is -4.10. The van der Waals surface area contributed by atoms with Gasteiger partial charge in [0.2, 0.25) is 22.5 Å². The molecule has 0 aliphatic carbocycles. The maximum atomic E-state index is 12.8. The van der Waals surface area contributed by atoms with E-state index < -0.39 is 20.3 Å². The van der Waals surface area contributed by atoms with Crippen molar-refractivity contribution in [2.24, 2.45) is 0 Å². The lowest BCUT2D eigenvalue weighted by atomic mass is 10.2. The van der Waals surface area contributed by atoms with Crippen molar-refractivity contribution in [2.75, 3.05) is 12.5 Å². The molecule has 3 aromatic rings. The van der Waals surface area contributed by atoms with E-state index in [1.807, 2.05) is 6.07 Å². The van der Waals surface area contributed by atoms with Gasteiger partial charge in [-0.25, -0.2) is 13.4 Å². The van der Waals surface area contributed by atoms with Crippen LogP contribution in [0, 0.1) is 6.92 Å². The molecule has 1 aliphatic heterocycles. The number of carbonyl (C=O) groups is 1. The van der Waals surface area contributed by atoms with Gasteiger partial charge in [0, 0.05) is 11.6 Å². The van der Waals surface area contributed by atoms with Gasteiger partial charge in [-0.05, 0) is 42.3 Å². The molecule has 2 aromatic carbocycles. The molecule has 0 saturated heterocycles. The van der Waals surface area contributed by atoms with Gasteiger partial charge in [0.25, 0.3) is 5.56 Å². The number of hydrogen-bond acceptors (Lipinski definition) is 8. The Labute approximate surface area is 198 Å². The number of hydrogen-bond donors (Lipinski definition) is 2. The van der Waals surface area contributed by atoms with Crippen LogP contribution in [0.25, 0.3) is 0 Å². The molecule has 9 nitrogen and oxygen atoms in total. The number of H-pyrrole nitrogens is 1. The van der Waals surface area contributed by atoms with Crippen LogP contribution in [0.15, 0.2) is 62.3 Å². The van der Waals surface area contributed by atoms with Gasteiger partial charge in [0.1, 0.15) is 0 Å². The highest BCUT2D eigenvalue weighted by atomic mass is 35.5. The van der Waals surface area contributed by atoms with E-state index in [0.29, 0.717) is 17.1 Å². The highest BCUT2D eigenvalue weighted by Crippen LogP contribution is 2.32. The average molecular weight is 508 g/mol. The molecular weight excluding hydrogens is 490 g/mol. The number of aromatic nitrogens is 2. The van der Waals surface area contributed by atoms with Crippen LogP contribution in [0.1, 0.15) is 11.1 Å². The minimum Gasteiger partial charge on any atom is -0.454 e. The summed E-state index contributed by atoms with van der Waals surface area (Å²) in [6, 6.07) is 9.61. The largest absolute Gasteiger partial charge is 0.454 e. The van der Waals surface area contributed by atoms with Crippen LogP contribution in [0.2, 0.25) is 5.02 Å². The molecule has 0 unspecified atom stereocenters. The molecule has 172 valence electrons. The van der Waals surface area contributed by atoms with Crippen molar-refractivity contribution in [3.8, 4) is 11.5 Å². The summed E-state index contributed by atoms with van der Waals surface area (Å²) in [5.74, 6) is 0.978. The monoisotopic (exact) mass is 507 g/mol. The number of fused-ring (bicyclic) bond motifs is 1. The van der Waals surface area contributed by atoms with Gasteiger partial charge in [-0.3, -0.25) is 9.59 Å². The molecule has 0 bridgehead atoms. The number of rotatable bonds is 7. The van der Waals surface area contributed by atoms with Crippen LogP contribution in [-0.2, 0) is 21.2 Å². The summed E-state index contributed by atoms with van der Waals surface area (Å²) in [6.07, 6.45) is 0.981. The molecule has 2 heterocycles. The minimum absolute atomic E-state index is 0.0207. The summed E-state index contributed by atoms with van der Waals surface area (Å²) in [5.41, 5.74) is 0.728. The predicted molar refractivity (Wildman–Crippen MR) is 122 cm³/mol. The SMILES string of the molecule is Cc1ccc(S(=O)(=O)c2cnc(SCC(=O)NCc3ccc4c(c3)OCO4)[nH]c2=O)cc1Cl. The average Bonchev–Trinajstić information content (AvgIpc) is 3.26. The third kappa shape index (κ3) is 5.15. The predicted octanol–water partition coefficient (Wildman–Crippen LogP) is 2.70. The fourth-order valence-corrected chi connectivity index (χ4v) is 5.10. The van der Waals surface area contributed by atoms with Gasteiger partial charge in [-0.1, -0.05) is 35.5 Å². The van der Waals surface area contributed by atoms with Gasteiger partial charge in [-0.2, -0.15) is 0 Å². The van der Waals surface area contributed by atoms with E-state index in [2.05, 4.69) is 15.3 Å². The summed E-state index contributed by atoms with van der Waals surface area (Å²) in [7, 11) is -4.10. The Morgan fingerprint density at radius 1 is 1.21 bits per heavy atom. The van der Waals surface area contributed by atoms with Crippen molar-refractivity contribution in [2.45, 2.75) is 28.4 Å². The molecule has 0 fully saturated rings. The van der Waals surface area contributed by atoms with Crippen molar-refractivity contribution in [1.82, 2.24) is 15.3 Å². The maximum absolute atomic E-state index is 12.8. The molecule has 1 aliphatic rings. The molecular formula is C21H18ClN3O6S2. The normalized spacial score (nSPS) is 12.5. The molecule has 12 heteroatoms. The number of aromatic amines is 1.